The second-order valence-electron chi connectivity index (χ2n) is 4.66. The van der Waals surface area contributed by atoms with E-state index in [1.54, 1.807) is 6.92 Å². The fourth-order valence-corrected chi connectivity index (χ4v) is 2.42. The van der Waals surface area contributed by atoms with Crippen LogP contribution in [0.25, 0.3) is 10.9 Å². The Bertz CT molecular complexity index is 570. The molecule has 0 fully saturated rings. The Kier molecular flexibility index (Phi) is 2.67. The summed E-state index contributed by atoms with van der Waals surface area (Å²) in [5.74, 6) is -0.889. The van der Waals surface area contributed by atoms with Gasteiger partial charge in [0.25, 0.3) is 0 Å². The lowest BCUT2D eigenvalue weighted by atomic mass is 9.87. The Morgan fingerprint density at radius 3 is 2.76 bits per heavy atom. The average molecular weight is 232 g/mol. The van der Waals surface area contributed by atoms with Crippen LogP contribution in [0.3, 0.4) is 0 Å². The van der Waals surface area contributed by atoms with Crippen molar-refractivity contribution >= 4 is 16.9 Å². The van der Waals surface area contributed by atoms with E-state index in [0.29, 0.717) is 0 Å². The molecule has 1 unspecified atom stereocenters. The maximum Gasteiger partial charge on any atom is 0.305 e. The number of para-hydroxylation sites is 1. The van der Waals surface area contributed by atoms with Crippen molar-refractivity contribution in [3.05, 3.63) is 35.5 Å². The molecule has 90 valence electrons. The fraction of sp³-hybridized carbons (Fsp3) is 0.308. The number of H-pyrrole nitrogens is 1. The standard InChI is InChI=1S/C13H16N2O2/c1-8-12(13(2,14)7-11(16)17)9-5-3-4-6-10(9)15-8/h3-6,15H,7,14H2,1-2H3,(H,16,17). The zero-order chi connectivity index (χ0) is 12.6. The van der Waals surface area contributed by atoms with Crippen LogP contribution >= 0.6 is 0 Å². The van der Waals surface area contributed by atoms with Crippen molar-refractivity contribution < 1.29 is 9.90 Å². The van der Waals surface area contributed by atoms with Crippen LogP contribution in [0, 0.1) is 6.92 Å². The third-order valence-corrected chi connectivity index (χ3v) is 2.98. The summed E-state index contributed by atoms with van der Waals surface area (Å²) in [5.41, 5.74) is 8.08. The zero-order valence-corrected chi connectivity index (χ0v) is 9.95. The molecule has 0 aliphatic carbocycles. The maximum absolute atomic E-state index is 10.9. The number of fused-ring (bicyclic) bond motifs is 1. The number of carboxylic acids is 1. The smallest absolute Gasteiger partial charge is 0.305 e. The van der Waals surface area contributed by atoms with E-state index in [4.69, 9.17) is 10.8 Å². The molecule has 4 nitrogen and oxygen atoms in total. The van der Waals surface area contributed by atoms with Gasteiger partial charge in [0.2, 0.25) is 0 Å². The van der Waals surface area contributed by atoms with Crippen molar-refractivity contribution in [1.29, 1.82) is 0 Å². The van der Waals surface area contributed by atoms with E-state index in [2.05, 4.69) is 4.98 Å². The van der Waals surface area contributed by atoms with Crippen LogP contribution in [0.15, 0.2) is 24.3 Å². The van der Waals surface area contributed by atoms with E-state index in [-0.39, 0.29) is 6.42 Å². The van der Waals surface area contributed by atoms with Crippen molar-refractivity contribution in [2.75, 3.05) is 0 Å². The number of aryl methyl sites for hydroxylation is 1. The van der Waals surface area contributed by atoms with E-state index in [1.807, 2.05) is 31.2 Å². The Morgan fingerprint density at radius 2 is 2.12 bits per heavy atom. The Labute approximate surface area is 99.4 Å². The molecule has 0 amide bonds. The second-order valence-corrected chi connectivity index (χ2v) is 4.66. The molecule has 0 aliphatic rings. The summed E-state index contributed by atoms with van der Waals surface area (Å²) in [6.07, 6.45) is -0.0876. The first-order chi connectivity index (χ1) is 7.92. The number of rotatable bonds is 3. The summed E-state index contributed by atoms with van der Waals surface area (Å²) < 4.78 is 0. The van der Waals surface area contributed by atoms with Gasteiger partial charge in [-0.15, -0.1) is 0 Å². The molecule has 0 aliphatic heterocycles. The number of carboxylic acid groups (broad SMARTS) is 1. The van der Waals surface area contributed by atoms with Gasteiger partial charge in [0, 0.05) is 22.2 Å². The minimum Gasteiger partial charge on any atom is -0.481 e. The molecule has 0 saturated carbocycles. The van der Waals surface area contributed by atoms with Crippen LogP contribution in [0.5, 0.6) is 0 Å². The summed E-state index contributed by atoms with van der Waals surface area (Å²) in [4.78, 5) is 14.1. The second kappa shape index (κ2) is 3.89. The minimum atomic E-state index is -0.889. The molecule has 0 spiro atoms. The van der Waals surface area contributed by atoms with Crippen molar-refractivity contribution in [2.24, 2.45) is 5.73 Å². The van der Waals surface area contributed by atoms with E-state index >= 15 is 0 Å². The largest absolute Gasteiger partial charge is 0.481 e. The topological polar surface area (TPSA) is 79.1 Å². The third kappa shape index (κ3) is 2.03. The van der Waals surface area contributed by atoms with Crippen LogP contribution in [-0.4, -0.2) is 16.1 Å². The molecular formula is C13H16N2O2. The number of nitrogens with two attached hydrogens (primary N) is 1. The first kappa shape index (κ1) is 11.7. The van der Waals surface area contributed by atoms with Gasteiger partial charge in [-0.25, -0.2) is 0 Å². The van der Waals surface area contributed by atoms with Gasteiger partial charge in [0.1, 0.15) is 0 Å². The van der Waals surface area contributed by atoms with Crippen LogP contribution in [0.2, 0.25) is 0 Å². The van der Waals surface area contributed by atoms with E-state index < -0.39 is 11.5 Å². The van der Waals surface area contributed by atoms with Crippen LogP contribution in [0.4, 0.5) is 0 Å². The summed E-state index contributed by atoms with van der Waals surface area (Å²) in [6, 6.07) is 7.78. The van der Waals surface area contributed by atoms with E-state index in [9.17, 15) is 4.79 Å². The molecular weight excluding hydrogens is 216 g/mol. The number of benzene rings is 1. The lowest BCUT2D eigenvalue weighted by Crippen LogP contribution is -2.36. The van der Waals surface area contributed by atoms with Gasteiger partial charge in [0.15, 0.2) is 0 Å². The summed E-state index contributed by atoms with van der Waals surface area (Å²) >= 11 is 0. The fourth-order valence-electron chi connectivity index (χ4n) is 2.42. The first-order valence-electron chi connectivity index (χ1n) is 5.50. The predicted molar refractivity (Wildman–Crippen MR) is 66.8 cm³/mol. The highest BCUT2D eigenvalue weighted by Gasteiger charge is 2.29. The number of carbonyl (C=O) groups is 1. The van der Waals surface area contributed by atoms with E-state index in [0.717, 1.165) is 22.2 Å². The molecule has 1 aromatic carbocycles. The third-order valence-electron chi connectivity index (χ3n) is 2.98. The SMILES string of the molecule is Cc1[nH]c2ccccc2c1C(C)(N)CC(=O)O. The van der Waals surface area contributed by atoms with E-state index in [1.165, 1.54) is 0 Å². The number of hydrogen-bond donors (Lipinski definition) is 3. The molecule has 17 heavy (non-hydrogen) atoms. The molecule has 2 rings (SSSR count). The highest BCUT2D eigenvalue weighted by molar-refractivity contribution is 5.86. The molecule has 4 N–H and O–H groups in total. The van der Waals surface area contributed by atoms with Crippen molar-refractivity contribution in [1.82, 2.24) is 4.98 Å². The quantitative estimate of drug-likeness (QED) is 0.758. The minimum absolute atomic E-state index is 0.0876. The van der Waals surface area contributed by atoms with Crippen LogP contribution < -0.4 is 5.73 Å². The molecule has 1 atom stereocenters. The number of aromatic amines is 1. The van der Waals surface area contributed by atoms with Gasteiger partial charge in [-0.2, -0.15) is 0 Å². The van der Waals surface area contributed by atoms with Crippen LogP contribution in [0.1, 0.15) is 24.6 Å². The van der Waals surface area contributed by atoms with Crippen molar-refractivity contribution in [2.45, 2.75) is 25.8 Å². The molecule has 0 saturated heterocycles. The molecule has 1 heterocycles. The number of hydrogen-bond acceptors (Lipinski definition) is 2. The van der Waals surface area contributed by atoms with Gasteiger partial charge < -0.3 is 15.8 Å². The Balaban J connectivity index is 2.61. The zero-order valence-electron chi connectivity index (χ0n) is 9.95. The van der Waals surface area contributed by atoms with Gasteiger partial charge in [-0.1, -0.05) is 18.2 Å². The lowest BCUT2D eigenvalue weighted by molar-refractivity contribution is -0.138. The van der Waals surface area contributed by atoms with Gasteiger partial charge in [0.05, 0.1) is 12.0 Å². The normalized spacial score (nSPS) is 14.8. The highest BCUT2D eigenvalue weighted by atomic mass is 16.4. The number of aliphatic carboxylic acids is 1. The lowest BCUT2D eigenvalue weighted by Gasteiger charge is -2.23. The van der Waals surface area contributed by atoms with Crippen LogP contribution in [-0.2, 0) is 10.3 Å². The Morgan fingerprint density at radius 1 is 1.47 bits per heavy atom. The van der Waals surface area contributed by atoms with Crippen molar-refractivity contribution in [3.63, 3.8) is 0 Å². The molecule has 0 radical (unpaired) electrons. The predicted octanol–water partition coefficient (Wildman–Crippen LogP) is 2.12. The molecule has 1 aromatic heterocycles. The monoisotopic (exact) mass is 232 g/mol. The van der Waals surface area contributed by atoms with Crippen molar-refractivity contribution in [3.8, 4) is 0 Å². The van der Waals surface area contributed by atoms with Gasteiger partial charge in [-0.3, -0.25) is 4.79 Å². The molecule has 4 heteroatoms. The summed E-state index contributed by atoms with van der Waals surface area (Å²) in [6.45, 7) is 3.67. The molecule has 2 aromatic rings. The average Bonchev–Trinajstić information content (AvgIpc) is 2.51. The molecule has 0 bridgehead atoms. The van der Waals surface area contributed by atoms with Gasteiger partial charge >= 0.3 is 5.97 Å². The summed E-state index contributed by atoms with van der Waals surface area (Å²) in [7, 11) is 0. The number of aromatic nitrogens is 1. The summed E-state index contributed by atoms with van der Waals surface area (Å²) in [5, 5.41) is 9.92. The maximum atomic E-state index is 10.9. The van der Waals surface area contributed by atoms with Gasteiger partial charge in [-0.05, 0) is 19.9 Å². The number of nitrogens with one attached hydrogen (secondary N) is 1. The Hall–Kier alpha value is -1.81. The highest BCUT2D eigenvalue weighted by Crippen LogP contribution is 2.32. The first-order valence-corrected chi connectivity index (χ1v) is 5.50.